The second-order valence-electron chi connectivity index (χ2n) is 2.77. The van der Waals surface area contributed by atoms with E-state index in [2.05, 4.69) is 0 Å². The molecule has 4 nitrogen and oxygen atoms in total. The highest BCUT2D eigenvalue weighted by atomic mass is 16.4. The maximum Gasteiger partial charge on any atom is 0.336 e. The predicted octanol–water partition coefficient (Wildman–Crippen LogP) is 0.957. The molecule has 4 N–H and O–H groups in total. The molecule has 2 rings (SSSR count). The van der Waals surface area contributed by atoms with Crippen molar-refractivity contribution in [1.29, 1.82) is 0 Å². The molecule has 4 heteroatoms. The number of hydrogen-bond donors (Lipinski definition) is 2. The highest BCUT2D eigenvalue weighted by molar-refractivity contribution is 5.86. The summed E-state index contributed by atoms with van der Waals surface area (Å²) in [5, 5.41) is 0.770. The first-order valence-electron chi connectivity index (χ1n) is 3.76. The maximum absolute atomic E-state index is 10.8. The Hall–Kier alpha value is -1.97. The second kappa shape index (κ2) is 2.52. The molecule has 0 aliphatic heterocycles. The zero-order valence-corrected chi connectivity index (χ0v) is 6.78. The summed E-state index contributed by atoms with van der Waals surface area (Å²) < 4.78 is 4.91. The Morgan fingerprint density at radius 1 is 1.08 bits per heavy atom. The smallest absolute Gasteiger partial charge is 0.336 e. The average molecular weight is 176 g/mol. The molecular weight excluding hydrogens is 168 g/mol. The van der Waals surface area contributed by atoms with Crippen LogP contribution in [0.1, 0.15) is 0 Å². The van der Waals surface area contributed by atoms with Gasteiger partial charge in [0.25, 0.3) is 0 Å². The van der Waals surface area contributed by atoms with Crippen LogP contribution < -0.4 is 17.1 Å². The van der Waals surface area contributed by atoms with Crippen LogP contribution in [-0.4, -0.2) is 0 Å². The third-order valence-electron chi connectivity index (χ3n) is 1.82. The molecule has 66 valence electrons. The van der Waals surface area contributed by atoms with E-state index in [1.165, 1.54) is 6.07 Å². The second-order valence-corrected chi connectivity index (χ2v) is 2.77. The largest absolute Gasteiger partial charge is 0.423 e. The predicted molar refractivity (Wildman–Crippen MR) is 51.3 cm³/mol. The number of nitrogens with two attached hydrogens (primary N) is 2. The lowest BCUT2D eigenvalue weighted by Gasteiger charge is -2.00. The fourth-order valence-corrected chi connectivity index (χ4v) is 1.15. The minimum Gasteiger partial charge on any atom is -0.423 e. The summed E-state index contributed by atoms with van der Waals surface area (Å²) in [7, 11) is 0. The van der Waals surface area contributed by atoms with Crippen molar-refractivity contribution in [3.8, 4) is 0 Å². The van der Waals surface area contributed by atoms with Gasteiger partial charge in [0.05, 0.1) is 11.4 Å². The number of anilines is 2. The van der Waals surface area contributed by atoms with Crippen LogP contribution in [0.4, 0.5) is 11.4 Å². The molecule has 0 unspecified atom stereocenters. The maximum atomic E-state index is 10.8. The molecule has 1 heterocycles. The minimum absolute atomic E-state index is 0.392. The van der Waals surface area contributed by atoms with Crippen LogP contribution in [0.25, 0.3) is 11.0 Å². The van der Waals surface area contributed by atoms with Crippen LogP contribution in [0.15, 0.2) is 33.5 Å². The molecule has 0 aliphatic rings. The Kier molecular flexibility index (Phi) is 1.48. The van der Waals surface area contributed by atoms with Gasteiger partial charge in [-0.05, 0) is 12.1 Å². The lowest BCUT2D eigenvalue weighted by molar-refractivity contribution is 0.561. The molecule has 0 spiro atoms. The summed E-state index contributed by atoms with van der Waals surface area (Å²) in [6, 6.07) is 6.22. The van der Waals surface area contributed by atoms with Crippen LogP contribution in [-0.2, 0) is 0 Å². The van der Waals surface area contributed by atoms with E-state index in [1.54, 1.807) is 18.2 Å². The molecule has 0 atom stereocenters. The van der Waals surface area contributed by atoms with E-state index in [0.717, 1.165) is 5.39 Å². The van der Waals surface area contributed by atoms with Gasteiger partial charge < -0.3 is 15.9 Å². The number of benzene rings is 1. The number of fused-ring (bicyclic) bond motifs is 1. The normalized spacial score (nSPS) is 10.5. The van der Waals surface area contributed by atoms with Gasteiger partial charge in [0.1, 0.15) is 5.58 Å². The van der Waals surface area contributed by atoms with Gasteiger partial charge in [0, 0.05) is 17.5 Å². The fourth-order valence-electron chi connectivity index (χ4n) is 1.15. The van der Waals surface area contributed by atoms with E-state index in [4.69, 9.17) is 15.9 Å². The van der Waals surface area contributed by atoms with Crippen LogP contribution in [0, 0.1) is 0 Å². The summed E-state index contributed by atoms with van der Waals surface area (Å²) in [6.07, 6.45) is 0. The van der Waals surface area contributed by atoms with Crippen LogP contribution in [0.2, 0.25) is 0 Å². The Morgan fingerprint density at radius 2 is 1.77 bits per heavy atom. The van der Waals surface area contributed by atoms with Crippen molar-refractivity contribution in [2.45, 2.75) is 0 Å². The first kappa shape index (κ1) is 7.67. The Labute approximate surface area is 73.8 Å². The van der Waals surface area contributed by atoms with Crippen molar-refractivity contribution >= 4 is 22.3 Å². The van der Waals surface area contributed by atoms with Crippen molar-refractivity contribution in [3.63, 3.8) is 0 Å². The highest BCUT2D eigenvalue weighted by Gasteiger charge is 2.00. The van der Waals surface area contributed by atoms with Gasteiger partial charge in [0.15, 0.2) is 0 Å². The summed E-state index contributed by atoms with van der Waals surface area (Å²) >= 11 is 0. The van der Waals surface area contributed by atoms with Gasteiger partial charge in [-0.25, -0.2) is 4.79 Å². The quantitative estimate of drug-likeness (QED) is 0.462. The average Bonchev–Trinajstić information content (AvgIpc) is 2.08. The Morgan fingerprint density at radius 3 is 2.54 bits per heavy atom. The van der Waals surface area contributed by atoms with E-state index >= 15 is 0 Å². The van der Waals surface area contributed by atoms with Crippen molar-refractivity contribution in [3.05, 3.63) is 34.7 Å². The Bertz CT molecular complexity index is 516. The van der Waals surface area contributed by atoms with E-state index in [0.29, 0.717) is 17.0 Å². The molecule has 0 bridgehead atoms. The lowest BCUT2D eigenvalue weighted by Crippen LogP contribution is -1.98. The molecule has 0 aliphatic carbocycles. The van der Waals surface area contributed by atoms with E-state index < -0.39 is 5.63 Å². The number of nitrogen functional groups attached to an aromatic ring is 2. The highest BCUT2D eigenvalue weighted by Crippen LogP contribution is 2.21. The molecular formula is C9H8N2O2. The molecule has 1 aromatic heterocycles. The van der Waals surface area contributed by atoms with E-state index in [9.17, 15) is 4.79 Å². The Balaban J connectivity index is 2.89. The van der Waals surface area contributed by atoms with Gasteiger partial charge in [-0.2, -0.15) is 0 Å². The SMILES string of the molecule is Nc1cc2ccc(=O)oc2cc1N. The molecule has 0 saturated carbocycles. The van der Waals surface area contributed by atoms with Gasteiger partial charge in [0.2, 0.25) is 0 Å². The molecule has 0 fully saturated rings. The number of rotatable bonds is 0. The zero-order chi connectivity index (χ0) is 9.42. The van der Waals surface area contributed by atoms with Crippen LogP contribution in [0.3, 0.4) is 0 Å². The lowest BCUT2D eigenvalue weighted by atomic mass is 10.2. The minimum atomic E-state index is -0.392. The molecule has 0 radical (unpaired) electrons. The molecule has 1 aromatic carbocycles. The molecule has 2 aromatic rings. The summed E-state index contributed by atoms with van der Waals surface area (Å²) in [6.45, 7) is 0. The number of hydrogen-bond acceptors (Lipinski definition) is 4. The van der Waals surface area contributed by atoms with Crippen molar-refractivity contribution in [1.82, 2.24) is 0 Å². The van der Waals surface area contributed by atoms with Gasteiger partial charge in [-0.15, -0.1) is 0 Å². The van der Waals surface area contributed by atoms with Crippen molar-refractivity contribution in [2.75, 3.05) is 11.5 Å². The summed E-state index contributed by atoms with van der Waals surface area (Å²) in [5.74, 6) is 0. The van der Waals surface area contributed by atoms with Crippen molar-refractivity contribution in [2.24, 2.45) is 0 Å². The fraction of sp³-hybridized carbons (Fsp3) is 0. The standard InChI is InChI=1S/C9H8N2O2/c10-6-3-5-1-2-9(12)13-8(5)4-7(6)11/h1-4H,10-11H2. The molecule has 0 saturated heterocycles. The van der Waals surface area contributed by atoms with Crippen molar-refractivity contribution < 1.29 is 4.42 Å². The first-order chi connectivity index (χ1) is 6.16. The molecule has 0 amide bonds. The van der Waals surface area contributed by atoms with Gasteiger partial charge in [-0.3, -0.25) is 0 Å². The van der Waals surface area contributed by atoms with Crippen LogP contribution in [0.5, 0.6) is 0 Å². The third kappa shape index (κ3) is 1.22. The summed E-state index contributed by atoms with van der Waals surface area (Å²) in [5.41, 5.74) is 12.1. The zero-order valence-electron chi connectivity index (χ0n) is 6.78. The monoisotopic (exact) mass is 176 g/mol. The van der Waals surface area contributed by atoms with Crippen LogP contribution >= 0.6 is 0 Å². The third-order valence-corrected chi connectivity index (χ3v) is 1.82. The van der Waals surface area contributed by atoms with E-state index in [-0.39, 0.29) is 0 Å². The van der Waals surface area contributed by atoms with Gasteiger partial charge in [-0.1, -0.05) is 0 Å². The topological polar surface area (TPSA) is 82.2 Å². The van der Waals surface area contributed by atoms with E-state index in [1.807, 2.05) is 0 Å². The first-order valence-corrected chi connectivity index (χ1v) is 3.76. The van der Waals surface area contributed by atoms with Gasteiger partial charge >= 0.3 is 5.63 Å². The molecule has 13 heavy (non-hydrogen) atoms. The summed E-state index contributed by atoms with van der Waals surface area (Å²) in [4.78, 5) is 10.8.